The van der Waals surface area contributed by atoms with Gasteiger partial charge in [0, 0.05) is 31.6 Å². The number of carbonyl (C=O) groups is 1. The van der Waals surface area contributed by atoms with Gasteiger partial charge in [-0.15, -0.1) is 0 Å². The number of ether oxygens (including phenoxy) is 1. The summed E-state index contributed by atoms with van der Waals surface area (Å²) in [5, 5.41) is 11.9. The number of nitrogens with one attached hydrogen (secondary N) is 1. The summed E-state index contributed by atoms with van der Waals surface area (Å²) in [7, 11) is 5.15. The zero-order valence-corrected chi connectivity index (χ0v) is 12.2. The van der Waals surface area contributed by atoms with Crippen LogP contribution in [0.15, 0.2) is 23.4 Å². The highest BCUT2D eigenvalue weighted by molar-refractivity contribution is 6.07. The van der Waals surface area contributed by atoms with Gasteiger partial charge >= 0.3 is 0 Å². The molecule has 0 bridgehead atoms. The molecule has 3 N–H and O–H groups in total. The van der Waals surface area contributed by atoms with E-state index in [0.29, 0.717) is 23.7 Å². The monoisotopic (exact) mass is 290 g/mol. The summed E-state index contributed by atoms with van der Waals surface area (Å²) in [5.74, 6) is 0.407. The largest absolute Gasteiger partial charge is 0.496 e. The van der Waals surface area contributed by atoms with Crippen LogP contribution in [0.5, 0.6) is 5.75 Å². The van der Waals surface area contributed by atoms with Crippen LogP contribution >= 0.6 is 0 Å². The first-order chi connectivity index (χ1) is 9.93. The number of benzene rings is 1. The van der Waals surface area contributed by atoms with E-state index in [4.69, 9.17) is 20.7 Å². The first-order valence-corrected chi connectivity index (χ1v) is 6.40. The Morgan fingerprint density at radius 2 is 2.24 bits per heavy atom. The van der Waals surface area contributed by atoms with Gasteiger partial charge in [-0.25, -0.2) is 0 Å². The summed E-state index contributed by atoms with van der Waals surface area (Å²) >= 11 is 0. The molecule has 7 nitrogen and oxygen atoms in total. The number of rotatable bonds is 4. The zero-order valence-electron chi connectivity index (χ0n) is 12.2. The molecule has 2 rings (SSSR count). The quantitative estimate of drug-likeness (QED) is 0.625. The predicted molar refractivity (Wildman–Crippen MR) is 78.7 cm³/mol. The van der Waals surface area contributed by atoms with E-state index in [-0.39, 0.29) is 0 Å². The molecule has 0 radical (unpaired) electrons. The summed E-state index contributed by atoms with van der Waals surface area (Å²) in [5.41, 5.74) is 7.27. The van der Waals surface area contributed by atoms with Crippen LogP contribution in [0.25, 0.3) is 0 Å². The van der Waals surface area contributed by atoms with E-state index in [2.05, 4.69) is 5.16 Å². The van der Waals surface area contributed by atoms with E-state index in [0.717, 1.165) is 11.1 Å². The molecule has 0 spiro atoms. The van der Waals surface area contributed by atoms with Gasteiger partial charge in [-0.3, -0.25) is 10.2 Å². The van der Waals surface area contributed by atoms with Crippen molar-refractivity contribution in [3.8, 4) is 5.75 Å². The summed E-state index contributed by atoms with van der Waals surface area (Å²) in [4.78, 5) is 17.8. The molecule has 21 heavy (non-hydrogen) atoms. The summed E-state index contributed by atoms with van der Waals surface area (Å²) in [6.45, 7) is 0. The maximum atomic E-state index is 11.1. The molecule has 0 fully saturated rings. The SMILES string of the molecule is COc1cc(C(=N)N(C)C)ccc1C1=NOC(C(N)=O)C1. The average Bonchev–Trinajstić information content (AvgIpc) is 2.95. The van der Waals surface area contributed by atoms with Crippen molar-refractivity contribution in [2.24, 2.45) is 10.9 Å². The highest BCUT2D eigenvalue weighted by Gasteiger charge is 2.28. The Balaban J connectivity index is 2.30. The number of oxime groups is 1. The number of amides is 1. The van der Waals surface area contributed by atoms with Gasteiger partial charge in [-0.1, -0.05) is 11.2 Å². The lowest BCUT2D eigenvalue weighted by atomic mass is 10.0. The molecule has 7 heteroatoms. The highest BCUT2D eigenvalue weighted by atomic mass is 16.6. The Kier molecular flexibility index (Phi) is 4.11. The molecule has 1 aliphatic rings. The van der Waals surface area contributed by atoms with Crippen molar-refractivity contribution in [2.75, 3.05) is 21.2 Å². The van der Waals surface area contributed by atoms with Crippen molar-refractivity contribution in [1.82, 2.24) is 4.90 Å². The topological polar surface area (TPSA) is 101 Å². The van der Waals surface area contributed by atoms with Crippen LogP contribution in [0.3, 0.4) is 0 Å². The smallest absolute Gasteiger partial charge is 0.261 e. The third-order valence-electron chi connectivity index (χ3n) is 3.22. The van der Waals surface area contributed by atoms with Crippen molar-refractivity contribution < 1.29 is 14.4 Å². The third-order valence-corrected chi connectivity index (χ3v) is 3.22. The molecule has 1 unspecified atom stereocenters. The molecule has 0 aromatic heterocycles. The Morgan fingerprint density at radius 1 is 1.52 bits per heavy atom. The minimum absolute atomic E-state index is 0.316. The van der Waals surface area contributed by atoms with Gasteiger partial charge in [0.2, 0.25) is 6.10 Å². The fourth-order valence-corrected chi connectivity index (χ4v) is 2.02. The lowest BCUT2D eigenvalue weighted by Crippen LogP contribution is -2.28. The second-order valence-corrected chi connectivity index (χ2v) is 4.90. The van der Waals surface area contributed by atoms with Gasteiger partial charge in [0.05, 0.1) is 12.8 Å². The molecule has 1 amide bonds. The van der Waals surface area contributed by atoms with Crippen molar-refractivity contribution >= 4 is 17.5 Å². The summed E-state index contributed by atoms with van der Waals surface area (Å²) in [6, 6.07) is 5.37. The molecule has 1 atom stereocenters. The molecular weight excluding hydrogens is 272 g/mol. The molecule has 1 aromatic rings. The standard InChI is InChI=1S/C14H18N4O3/c1-18(2)13(15)8-4-5-9(11(6-8)20-3)10-7-12(14(16)19)21-17-10/h4-6,12,15H,7H2,1-3H3,(H2,16,19). The van der Waals surface area contributed by atoms with Crippen molar-refractivity contribution in [2.45, 2.75) is 12.5 Å². The van der Waals surface area contributed by atoms with Gasteiger partial charge in [0.15, 0.2) is 0 Å². The Labute approximate surface area is 122 Å². The molecule has 0 saturated heterocycles. The van der Waals surface area contributed by atoms with Gasteiger partial charge in [-0.05, 0) is 12.1 Å². The summed E-state index contributed by atoms with van der Waals surface area (Å²) in [6.07, 6.45) is -0.416. The van der Waals surface area contributed by atoms with E-state index in [1.165, 1.54) is 0 Å². The van der Waals surface area contributed by atoms with Crippen LogP contribution in [0.2, 0.25) is 0 Å². The van der Waals surface area contributed by atoms with Gasteiger partial charge in [-0.2, -0.15) is 0 Å². The minimum atomic E-state index is -0.732. The van der Waals surface area contributed by atoms with Crippen LogP contribution in [-0.4, -0.2) is 49.7 Å². The van der Waals surface area contributed by atoms with Crippen LogP contribution in [0.1, 0.15) is 17.5 Å². The summed E-state index contributed by atoms with van der Waals surface area (Å²) < 4.78 is 5.36. The first kappa shape index (κ1) is 14.8. The van der Waals surface area contributed by atoms with Crippen LogP contribution in [-0.2, 0) is 9.63 Å². The van der Waals surface area contributed by atoms with Gasteiger partial charge < -0.3 is 20.2 Å². The predicted octanol–water partition coefficient (Wildman–Crippen LogP) is 0.560. The lowest BCUT2D eigenvalue weighted by Gasteiger charge is -2.15. The third kappa shape index (κ3) is 2.96. The van der Waals surface area contributed by atoms with Crippen molar-refractivity contribution in [3.63, 3.8) is 0 Å². The van der Waals surface area contributed by atoms with Crippen LogP contribution < -0.4 is 10.5 Å². The number of nitrogens with zero attached hydrogens (tertiary/aromatic N) is 2. The zero-order chi connectivity index (χ0) is 15.6. The molecule has 0 saturated carbocycles. The fourth-order valence-electron chi connectivity index (χ4n) is 2.02. The van der Waals surface area contributed by atoms with E-state index in [1.54, 1.807) is 44.3 Å². The van der Waals surface area contributed by atoms with E-state index in [9.17, 15) is 4.79 Å². The maximum Gasteiger partial charge on any atom is 0.261 e. The number of methoxy groups -OCH3 is 1. The molecule has 1 aliphatic heterocycles. The number of primary amides is 1. The Hall–Kier alpha value is -2.57. The second-order valence-electron chi connectivity index (χ2n) is 4.90. The maximum absolute atomic E-state index is 11.1. The van der Waals surface area contributed by atoms with Gasteiger partial charge in [0.1, 0.15) is 11.6 Å². The average molecular weight is 290 g/mol. The number of nitrogens with two attached hydrogens (primary N) is 1. The second kappa shape index (κ2) is 5.82. The Bertz CT molecular complexity index is 610. The van der Waals surface area contributed by atoms with Gasteiger partial charge in [0.25, 0.3) is 5.91 Å². The number of carbonyl (C=O) groups excluding carboxylic acids is 1. The number of amidine groups is 1. The minimum Gasteiger partial charge on any atom is -0.496 e. The molecule has 112 valence electrons. The molecule has 1 aromatic carbocycles. The number of hydrogen-bond acceptors (Lipinski definition) is 5. The van der Waals surface area contributed by atoms with E-state index < -0.39 is 12.0 Å². The highest BCUT2D eigenvalue weighted by Crippen LogP contribution is 2.26. The van der Waals surface area contributed by atoms with Crippen molar-refractivity contribution in [3.05, 3.63) is 29.3 Å². The van der Waals surface area contributed by atoms with Crippen molar-refractivity contribution in [1.29, 1.82) is 5.41 Å². The normalized spacial score (nSPS) is 16.9. The molecule has 1 heterocycles. The van der Waals surface area contributed by atoms with Crippen LogP contribution in [0.4, 0.5) is 0 Å². The Morgan fingerprint density at radius 3 is 2.76 bits per heavy atom. The van der Waals surface area contributed by atoms with E-state index >= 15 is 0 Å². The first-order valence-electron chi connectivity index (χ1n) is 6.40. The van der Waals surface area contributed by atoms with Crippen LogP contribution in [0, 0.1) is 5.41 Å². The number of hydrogen-bond donors (Lipinski definition) is 2. The lowest BCUT2D eigenvalue weighted by molar-refractivity contribution is -0.127. The molecular formula is C14H18N4O3. The van der Waals surface area contributed by atoms with E-state index in [1.807, 2.05) is 0 Å². The molecule has 0 aliphatic carbocycles. The fraction of sp³-hybridized carbons (Fsp3) is 0.357.